The van der Waals surface area contributed by atoms with Crippen LogP contribution in [0.25, 0.3) is 0 Å². The van der Waals surface area contributed by atoms with E-state index in [9.17, 15) is 4.79 Å². The summed E-state index contributed by atoms with van der Waals surface area (Å²) in [5.41, 5.74) is 3.97. The molecule has 2 aromatic rings. The van der Waals surface area contributed by atoms with Crippen molar-refractivity contribution in [1.29, 1.82) is 0 Å². The average molecular weight is 302 g/mol. The maximum atomic E-state index is 12.2. The number of hydrogen-bond acceptors (Lipinski definition) is 3. The first-order chi connectivity index (χ1) is 10.2. The Bertz CT molecular complexity index is 700. The van der Waals surface area contributed by atoms with Gasteiger partial charge in [-0.2, -0.15) is 0 Å². The first-order valence-corrected chi connectivity index (χ1v) is 7.31. The third-order valence-electron chi connectivity index (χ3n) is 3.70. The van der Waals surface area contributed by atoms with Crippen LogP contribution < -0.4 is 10.6 Å². The van der Waals surface area contributed by atoms with Gasteiger partial charge in [0, 0.05) is 18.9 Å². The van der Waals surface area contributed by atoms with Crippen molar-refractivity contribution in [3.05, 3.63) is 52.2 Å². The van der Waals surface area contributed by atoms with Crippen LogP contribution >= 0.6 is 11.6 Å². The number of carbonyl (C=O) groups excluding carboxylic acids is 1. The molecule has 2 N–H and O–H groups in total. The third kappa shape index (κ3) is 2.85. The van der Waals surface area contributed by atoms with Crippen LogP contribution in [-0.4, -0.2) is 17.9 Å². The van der Waals surface area contributed by atoms with E-state index in [1.54, 1.807) is 13.1 Å². The largest absolute Gasteiger partial charge is 0.372 e. The van der Waals surface area contributed by atoms with Gasteiger partial charge in [-0.15, -0.1) is 0 Å². The lowest BCUT2D eigenvalue weighted by molar-refractivity contribution is 0.102. The van der Waals surface area contributed by atoms with Crippen LogP contribution in [0.5, 0.6) is 0 Å². The fraction of sp³-hybridized carbons (Fsp3) is 0.250. The van der Waals surface area contributed by atoms with Crippen molar-refractivity contribution >= 4 is 29.0 Å². The van der Waals surface area contributed by atoms with E-state index >= 15 is 0 Å². The SMILES string of the molecule is CNc1ncc(C(=O)Nc2ccc3c(c2)CCC3)cc1Cl. The van der Waals surface area contributed by atoms with E-state index in [1.807, 2.05) is 6.07 Å². The zero-order valence-corrected chi connectivity index (χ0v) is 12.5. The molecule has 0 saturated heterocycles. The highest BCUT2D eigenvalue weighted by Crippen LogP contribution is 2.25. The smallest absolute Gasteiger partial charge is 0.257 e. The molecule has 21 heavy (non-hydrogen) atoms. The highest BCUT2D eigenvalue weighted by molar-refractivity contribution is 6.33. The molecule has 1 aliphatic carbocycles. The fourth-order valence-electron chi connectivity index (χ4n) is 2.60. The summed E-state index contributed by atoms with van der Waals surface area (Å²) in [6, 6.07) is 7.70. The lowest BCUT2D eigenvalue weighted by Gasteiger charge is -2.09. The van der Waals surface area contributed by atoms with E-state index in [-0.39, 0.29) is 5.91 Å². The van der Waals surface area contributed by atoms with Crippen LogP contribution in [0.4, 0.5) is 11.5 Å². The van der Waals surface area contributed by atoms with Crippen LogP contribution in [0.1, 0.15) is 27.9 Å². The van der Waals surface area contributed by atoms with Gasteiger partial charge in [0.1, 0.15) is 5.82 Å². The van der Waals surface area contributed by atoms with Gasteiger partial charge in [0.05, 0.1) is 10.6 Å². The summed E-state index contributed by atoms with van der Waals surface area (Å²) >= 11 is 6.05. The molecule has 0 unspecified atom stereocenters. The van der Waals surface area contributed by atoms with Gasteiger partial charge in [0.15, 0.2) is 0 Å². The summed E-state index contributed by atoms with van der Waals surface area (Å²) in [5.74, 6) is 0.357. The van der Waals surface area contributed by atoms with Crippen LogP contribution in [-0.2, 0) is 12.8 Å². The second kappa shape index (κ2) is 5.74. The van der Waals surface area contributed by atoms with Gasteiger partial charge in [-0.05, 0) is 48.6 Å². The molecule has 0 atom stereocenters. The Labute approximate surface area is 128 Å². The van der Waals surface area contributed by atoms with E-state index in [2.05, 4.69) is 27.8 Å². The summed E-state index contributed by atoms with van der Waals surface area (Å²) in [7, 11) is 1.73. The Balaban J connectivity index is 1.78. The molecule has 0 fully saturated rings. The Morgan fingerprint density at radius 1 is 1.24 bits per heavy atom. The number of nitrogens with one attached hydrogen (secondary N) is 2. The normalized spacial score (nSPS) is 12.9. The first kappa shape index (κ1) is 13.9. The molecule has 0 spiro atoms. The van der Waals surface area contributed by atoms with Gasteiger partial charge < -0.3 is 10.6 Å². The second-order valence-corrected chi connectivity index (χ2v) is 5.50. The van der Waals surface area contributed by atoms with Crippen molar-refractivity contribution < 1.29 is 4.79 Å². The molecule has 1 amide bonds. The van der Waals surface area contributed by atoms with Crippen molar-refractivity contribution in [2.45, 2.75) is 19.3 Å². The number of hydrogen-bond donors (Lipinski definition) is 2. The number of halogens is 1. The van der Waals surface area contributed by atoms with Crippen LogP contribution in [0.15, 0.2) is 30.5 Å². The first-order valence-electron chi connectivity index (χ1n) is 6.94. The number of fused-ring (bicyclic) bond motifs is 1. The number of benzene rings is 1. The zero-order valence-electron chi connectivity index (χ0n) is 11.7. The van der Waals surface area contributed by atoms with Gasteiger partial charge in [0.2, 0.25) is 0 Å². The van der Waals surface area contributed by atoms with Gasteiger partial charge in [-0.3, -0.25) is 4.79 Å². The molecule has 1 aliphatic rings. The average Bonchev–Trinajstić information content (AvgIpc) is 2.94. The van der Waals surface area contributed by atoms with Crippen molar-refractivity contribution in [1.82, 2.24) is 4.98 Å². The Morgan fingerprint density at radius 2 is 2.05 bits per heavy atom. The van der Waals surface area contributed by atoms with Crippen molar-refractivity contribution in [2.75, 3.05) is 17.7 Å². The minimum Gasteiger partial charge on any atom is -0.372 e. The number of nitrogens with zero attached hydrogens (tertiary/aromatic N) is 1. The predicted molar refractivity (Wildman–Crippen MR) is 85.2 cm³/mol. The molecule has 0 aliphatic heterocycles. The van der Waals surface area contributed by atoms with Gasteiger partial charge in [0.25, 0.3) is 5.91 Å². The Morgan fingerprint density at radius 3 is 2.81 bits per heavy atom. The molecule has 108 valence electrons. The van der Waals surface area contributed by atoms with Gasteiger partial charge in [-0.1, -0.05) is 17.7 Å². The summed E-state index contributed by atoms with van der Waals surface area (Å²) in [4.78, 5) is 16.3. The summed E-state index contributed by atoms with van der Waals surface area (Å²) < 4.78 is 0. The monoisotopic (exact) mass is 301 g/mol. The summed E-state index contributed by atoms with van der Waals surface area (Å²) in [6.07, 6.45) is 4.93. The van der Waals surface area contributed by atoms with Crippen LogP contribution in [0.2, 0.25) is 5.02 Å². The standard InChI is InChI=1S/C16H16ClN3O/c1-18-15-14(17)8-12(9-19-15)16(21)20-13-6-5-10-3-2-4-11(10)7-13/h5-9H,2-4H2,1H3,(H,18,19)(H,20,21). The number of carbonyl (C=O) groups is 1. The highest BCUT2D eigenvalue weighted by atomic mass is 35.5. The van der Waals surface area contributed by atoms with E-state index in [0.717, 1.165) is 18.5 Å². The molecule has 3 rings (SSSR count). The van der Waals surface area contributed by atoms with Gasteiger partial charge in [-0.25, -0.2) is 4.98 Å². The lowest BCUT2D eigenvalue weighted by atomic mass is 10.1. The highest BCUT2D eigenvalue weighted by Gasteiger charge is 2.13. The van der Waals surface area contributed by atoms with E-state index in [0.29, 0.717) is 16.4 Å². The minimum absolute atomic E-state index is 0.204. The van der Waals surface area contributed by atoms with E-state index < -0.39 is 0 Å². The molecule has 0 radical (unpaired) electrons. The summed E-state index contributed by atoms with van der Waals surface area (Å²) in [6.45, 7) is 0. The van der Waals surface area contributed by atoms with Crippen molar-refractivity contribution in [3.8, 4) is 0 Å². The number of pyridine rings is 1. The molecule has 0 saturated carbocycles. The lowest BCUT2D eigenvalue weighted by Crippen LogP contribution is -2.13. The zero-order chi connectivity index (χ0) is 14.8. The number of amides is 1. The number of anilines is 2. The van der Waals surface area contributed by atoms with Crippen LogP contribution in [0.3, 0.4) is 0 Å². The topological polar surface area (TPSA) is 54.0 Å². The molecule has 4 nitrogen and oxygen atoms in total. The minimum atomic E-state index is -0.204. The number of aryl methyl sites for hydroxylation is 2. The molecular formula is C16H16ClN3O. The predicted octanol–water partition coefficient (Wildman–Crippen LogP) is 3.52. The second-order valence-electron chi connectivity index (χ2n) is 5.10. The molecule has 1 aromatic carbocycles. The van der Waals surface area contributed by atoms with Crippen molar-refractivity contribution in [3.63, 3.8) is 0 Å². The number of rotatable bonds is 3. The fourth-order valence-corrected chi connectivity index (χ4v) is 2.86. The number of aromatic nitrogens is 1. The van der Waals surface area contributed by atoms with Gasteiger partial charge >= 0.3 is 0 Å². The quantitative estimate of drug-likeness (QED) is 0.912. The molecule has 1 heterocycles. The Kier molecular flexibility index (Phi) is 3.80. The van der Waals surface area contributed by atoms with Crippen LogP contribution in [0, 0.1) is 0 Å². The van der Waals surface area contributed by atoms with E-state index in [4.69, 9.17) is 11.6 Å². The summed E-state index contributed by atoms with van der Waals surface area (Å²) in [5, 5.41) is 6.19. The van der Waals surface area contributed by atoms with E-state index in [1.165, 1.54) is 23.7 Å². The third-order valence-corrected chi connectivity index (χ3v) is 3.98. The van der Waals surface area contributed by atoms with Crippen molar-refractivity contribution in [2.24, 2.45) is 0 Å². The molecule has 5 heteroatoms. The molecule has 0 bridgehead atoms. The maximum Gasteiger partial charge on any atom is 0.257 e. The molecule has 1 aromatic heterocycles. The Hall–Kier alpha value is -2.07. The maximum absolute atomic E-state index is 12.2. The molecular weight excluding hydrogens is 286 g/mol.